The fourth-order valence-corrected chi connectivity index (χ4v) is 14.0. The van der Waals surface area contributed by atoms with Crippen LogP contribution in [-0.4, -0.2) is 0 Å². The summed E-state index contributed by atoms with van der Waals surface area (Å²) >= 11 is 0. The summed E-state index contributed by atoms with van der Waals surface area (Å²) in [6.45, 7) is 0. The van der Waals surface area contributed by atoms with Crippen LogP contribution in [0.3, 0.4) is 0 Å². The molecule has 0 atom stereocenters. The fraction of sp³-hybridized carbons (Fsp3) is 0.0250. The van der Waals surface area contributed by atoms with E-state index in [1.807, 2.05) is 12.1 Å². The van der Waals surface area contributed by atoms with Crippen LogP contribution in [0.2, 0.25) is 0 Å². The first-order valence-electron chi connectivity index (χ1n) is 28.4. The molecule has 0 spiro atoms. The molecular formula is C80H53NO. The van der Waals surface area contributed by atoms with Crippen LogP contribution in [0.15, 0.2) is 326 Å². The molecule has 0 bridgehead atoms. The molecule has 0 saturated heterocycles. The average molecular weight is 1040 g/mol. The summed E-state index contributed by atoms with van der Waals surface area (Å²) in [4.78, 5) is 2.43. The van der Waals surface area contributed by atoms with Gasteiger partial charge in [-0.3, -0.25) is 0 Å². The molecule has 0 unspecified atom stereocenters. The molecule has 14 aromatic rings. The largest absolute Gasteiger partial charge is 0.456 e. The molecule has 0 aliphatic heterocycles. The highest BCUT2D eigenvalue weighted by atomic mass is 16.3. The number of anilines is 3. The Morgan fingerprint density at radius 3 is 1.21 bits per heavy atom. The van der Waals surface area contributed by atoms with Crippen LogP contribution in [0, 0.1) is 0 Å². The van der Waals surface area contributed by atoms with E-state index in [1.54, 1.807) is 0 Å². The lowest BCUT2D eigenvalue weighted by atomic mass is 9.67. The highest BCUT2D eigenvalue weighted by molar-refractivity contribution is 6.06. The number of hydrogen-bond acceptors (Lipinski definition) is 2. The van der Waals surface area contributed by atoms with Gasteiger partial charge in [-0.15, -0.1) is 0 Å². The van der Waals surface area contributed by atoms with Gasteiger partial charge in [0.1, 0.15) is 11.2 Å². The van der Waals surface area contributed by atoms with Gasteiger partial charge in [-0.1, -0.05) is 255 Å². The number of rotatable bonds is 10. The minimum Gasteiger partial charge on any atom is -0.456 e. The van der Waals surface area contributed by atoms with Crippen molar-refractivity contribution in [3.05, 3.63) is 366 Å². The molecule has 1 aromatic heterocycles. The van der Waals surface area contributed by atoms with Crippen molar-refractivity contribution in [2.45, 2.75) is 10.8 Å². The van der Waals surface area contributed by atoms with E-state index in [9.17, 15) is 0 Å². The maximum absolute atomic E-state index is 6.20. The minimum absolute atomic E-state index is 0.483. The number of hydrogen-bond donors (Lipinski definition) is 0. The van der Waals surface area contributed by atoms with Gasteiger partial charge in [-0.2, -0.15) is 0 Å². The normalized spacial score (nSPS) is 13.3. The Labute approximate surface area is 478 Å². The molecule has 0 radical (unpaired) electrons. The molecule has 2 nitrogen and oxygen atoms in total. The SMILES string of the molecule is c1ccc(C2(c3ccccc3)c3ccccc3-c3cc(N(c4ccc(-c5cccc(-c6ccc7oc8ccccc8c7c6)c5)cc4)c4ccc(-c5ccc6c(c5)C(c5ccccc5)(c5ccccc5)c5ccccc5-6)cc4)ccc32)cc1. The third-order valence-corrected chi connectivity index (χ3v) is 17.6. The van der Waals surface area contributed by atoms with Crippen LogP contribution >= 0.6 is 0 Å². The molecule has 16 rings (SSSR count). The van der Waals surface area contributed by atoms with E-state index in [4.69, 9.17) is 4.42 Å². The van der Waals surface area contributed by atoms with Crippen molar-refractivity contribution in [1.82, 2.24) is 0 Å². The number of para-hydroxylation sites is 1. The first-order valence-corrected chi connectivity index (χ1v) is 28.4. The summed E-state index contributed by atoms with van der Waals surface area (Å²) in [6, 6.07) is 119. The molecule has 384 valence electrons. The highest BCUT2D eigenvalue weighted by Crippen LogP contribution is 2.59. The quantitative estimate of drug-likeness (QED) is 0.136. The average Bonchev–Trinajstić information content (AvgIpc) is 2.93. The maximum atomic E-state index is 6.20. The summed E-state index contributed by atoms with van der Waals surface area (Å²) in [5.74, 6) is 0. The molecule has 0 amide bonds. The first-order chi connectivity index (χ1) is 40.6. The maximum Gasteiger partial charge on any atom is 0.135 e. The van der Waals surface area contributed by atoms with E-state index in [2.05, 4.69) is 314 Å². The number of furan rings is 1. The molecule has 1 heterocycles. The zero-order valence-corrected chi connectivity index (χ0v) is 45.0. The van der Waals surface area contributed by atoms with Crippen molar-refractivity contribution in [2.24, 2.45) is 0 Å². The van der Waals surface area contributed by atoms with Crippen LogP contribution in [0.5, 0.6) is 0 Å². The van der Waals surface area contributed by atoms with Crippen molar-refractivity contribution in [2.75, 3.05) is 4.90 Å². The van der Waals surface area contributed by atoms with E-state index in [0.717, 1.165) is 66.8 Å². The zero-order valence-electron chi connectivity index (χ0n) is 45.0. The first kappa shape index (κ1) is 47.5. The van der Waals surface area contributed by atoms with E-state index in [1.165, 1.54) is 72.3 Å². The number of fused-ring (bicyclic) bond motifs is 9. The van der Waals surface area contributed by atoms with Crippen molar-refractivity contribution >= 4 is 39.0 Å². The molecule has 82 heavy (non-hydrogen) atoms. The van der Waals surface area contributed by atoms with Crippen LogP contribution in [0.4, 0.5) is 17.1 Å². The summed E-state index contributed by atoms with van der Waals surface area (Å²) in [6.07, 6.45) is 0. The Balaban J connectivity index is 0.825. The summed E-state index contributed by atoms with van der Waals surface area (Å²) in [5.41, 5.74) is 26.3. The van der Waals surface area contributed by atoms with Crippen LogP contribution in [0.1, 0.15) is 44.5 Å². The molecule has 2 aliphatic carbocycles. The Hall–Kier alpha value is -10.5. The summed E-state index contributed by atoms with van der Waals surface area (Å²) in [5, 5.41) is 2.26. The molecule has 13 aromatic carbocycles. The second kappa shape index (κ2) is 19.1. The van der Waals surface area contributed by atoms with Crippen LogP contribution < -0.4 is 4.90 Å². The number of nitrogens with zero attached hydrogens (tertiary/aromatic N) is 1. The third-order valence-electron chi connectivity index (χ3n) is 17.6. The lowest BCUT2D eigenvalue weighted by Crippen LogP contribution is -2.28. The fourth-order valence-electron chi connectivity index (χ4n) is 14.0. The van der Waals surface area contributed by atoms with Crippen molar-refractivity contribution in [1.29, 1.82) is 0 Å². The lowest BCUT2D eigenvalue weighted by molar-refractivity contribution is 0.669. The monoisotopic (exact) mass is 1040 g/mol. The van der Waals surface area contributed by atoms with Crippen molar-refractivity contribution in [3.8, 4) is 55.6 Å². The minimum atomic E-state index is -0.496. The Morgan fingerprint density at radius 1 is 0.220 bits per heavy atom. The van der Waals surface area contributed by atoms with E-state index < -0.39 is 10.8 Å². The van der Waals surface area contributed by atoms with Gasteiger partial charge < -0.3 is 9.32 Å². The van der Waals surface area contributed by atoms with Gasteiger partial charge in [0.05, 0.1) is 10.8 Å². The van der Waals surface area contributed by atoms with E-state index in [-0.39, 0.29) is 0 Å². The molecule has 0 saturated carbocycles. The van der Waals surface area contributed by atoms with E-state index >= 15 is 0 Å². The summed E-state index contributed by atoms with van der Waals surface area (Å²) in [7, 11) is 0. The highest BCUT2D eigenvalue weighted by Gasteiger charge is 2.47. The van der Waals surface area contributed by atoms with Gasteiger partial charge in [0.2, 0.25) is 0 Å². The van der Waals surface area contributed by atoms with Gasteiger partial charge in [-0.05, 0) is 167 Å². The third kappa shape index (κ3) is 7.28. The molecule has 0 fully saturated rings. The van der Waals surface area contributed by atoms with Gasteiger partial charge in [0.15, 0.2) is 0 Å². The van der Waals surface area contributed by atoms with Gasteiger partial charge >= 0.3 is 0 Å². The van der Waals surface area contributed by atoms with Crippen molar-refractivity contribution in [3.63, 3.8) is 0 Å². The van der Waals surface area contributed by atoms with Gasteiger partial charge in [-0.25, -0.2) is 0 Å². The molecule has 2 aliphatic rings. The van der Waals surface area contributed by atoms with Gasteiger partial charge in [0.25, 0.3) is 0 Å². The molecule has 0 N–H and O–H groups in total. The lowest BCUT2D eigenvalue weighted by Gasteiger charge is -2.34. The van der Waals surface area contributed by atoms with Crippen molar-refractivity contribution < 1.29 is 4.42 Å². The van der Waals surface area contributed by atoms with Gasteiger partial charge in [0, 0.05) is 27.8 Å². The Bertz CT molecular complexity index is 4640. The van der Waals surface area contributed by atoms with E-state index in [0.29, 0.717) is 0 Å². The van der Waals surface area contributed by atoms with Crippen LogP contribution in [0.25, 0.3) is 77.6 Å². The molecular weight excluding hydrogens is 991 g/mol. The second-order valence-electron chi connectivity index (χ2n) is 21.9. The zero-order chi connectivity index (χ0) is 54.2. The Kier molecular flexibility index (Phi) is 11.0. The molecule has 2 heteroatoms. The second-order valence-corrected chi connectivity index (χ2v) is 21.9. The predicted molar refractivity (Wildman–Crippen MR) is 339 cm³/mol. The number of benzene rings is 13. The topological polar surface area (TPSA) is 16.4 Å². The standard InChI is InChI=1S/C80H53NO/c1-5-22-60(23-6-1)79(61-24-7-2-8-25-61)74-34-17-14-31-68(74)71-53-66(46-48-75(71)79)81(64-42-36-54(37-43-64)56-20-19-21-57(50-56)58-41-49-78-72(51-58)70-32-15-18-35-77(70)82-78)65-44-38-55(39-45-65)59-40-47-69-67-30-13-16-33-73(67)80(76(69)52-59,62-26-9-3-10-27-62)63-28-11-4-12-29-63/h1-53H. The smallest absolute Gasteiger partial charge is 0.135 e. The Morgan fingerprint density at radius 2 is 0.622 bits per heavy atom. The van der Waals surface area contributed by atoms with Crippen LogP contribution in [-0.2, 0) is 10.8 Å². The predicted octanol–water partition coefficient (Wildman–Crippen LogP) is 20.8. The summed E-state index contributed by atoms with van der Waals surface area (Å²) < 4.78 is 6.20.